The molecule has 0 amide bonds. The van der Waals surface area contributed by atoms with Gasteiger partial charge in [0.1, 0.15) is 0 Å². The number of carbonyl (C=O) groups is 1. The predicted octanol–water partition coefficient (Wildman–Crippen LogP) is 1.99. The van der Waals surface area contributed by atoms with E-state index in [-0.39, 0.29) is 12.1 Å². The van der Waals surface area contributed by atoms with Gasteiger partial charge in [0.25, 0.3) is 0 Å². The summed E-state index contributed by atoms with van der Waals surface area (Å²) in [5, 5.41) is 8.98. The molecule has 0 heterocycles. The van der Waals surface area contributed by atoms with Crippen LogP contribution in [0.3, 0.4) is 0 Å². The van der Waals surface area contributed by atoms with Gasteiger partial charge in [0.05, 0.1) is 12.1 Å². The lowest BCUT2D eigenvalue weighted by molar-refractivity contribution is -0.148. The highest BCUT2D eigenvalue weighted by atomic mass is 19.1. The third-order valence-corrected chi connectivity index (χ3v) is 3.72. The molecule has 68 valence electrons. The zero-order chi connectivity index (χ0) is 8.82. The summed E-state index contributed by atoms with van der Waals surface area (Å²) in [5.41, 5.74) is -0.801. The average Bonchev–Trinajstić information content (AvgIpc) is 2.61. The van der Waals surface area contributed by atoms with Crippen LogP contribution in [-0.4, -0.2) is 17.8 Å². The summed E-state index contributed by atoms with van der Waals surface area (Å²) in [7, 11) is 0. The first-order chi connectivity index (χ1) is 5.63. The normalized spacial score (nSPS) is 45.1. The number of carboxylic acid groups (broad SMARTS) is 1. The molecule has 0 aromatic heterocycles. The highest BCUT2D eigenvalue weighted by Gasteiger charge is 2.58. The van der Waals surface area contributed by atoms with Crippen LogP contribution >= 0.6 is 0 Å². The van der Waals surface area contributed by atoms with Gasteiger partial charge in [0.2, 0.25) is 0 Å². The van der Waals surface area contributed by atoms with E-state index in [9.17, 15) is 9.18 Å². The second-order valence-electron chi connectivity index (χ2n) is 4.40. The third kappa shape index (κ3) is 0.822. The van der Waals surface area contributed by atoms with Crippen molar-refractivity contribution < 1.29 is 14.3 Å². The topological polar surface area (TPSA) is 37.3 Å². The molecule has 12 heavy (non-hydrogen) atoms. The van der Waals surface area contributed by atoms with Crippen molar-refractivity contribution in [3.63, 3.8) is 0 Å². The van der Waals surface area contributed by atoms with Gasteiger partial charge >= 0.3 is 5.97 Å². The number of carboxylic acids is 1. The molecule has 3 heteroatoms. The minimum atomic E-state index is -0.713. The summed E-state index contributed by atoms with van der Waals surface area (Å²) < 4.78 is 12.6. The Balaban J connectivity index is 2.23. The predicted molar refractivity (Wildman–Crippen MR) is 41.6 cm³/mol. The van der Waals surface area contributed by atoms with Gasteiger partial charge in [-0.1, -0.05) is 0 Å². The van der Waals surface area contributed by atoms with E-state index in [4.69, 9.17) is 5.11 Å². The number of halogens is 1. The molecule has 0 aliphatic heterocycles. The van der Waals surface area contributed by atoms with Gasteiger partial charge in [-0.3, -0.25) is 9.18 Å². The standard InChI is InChI=1S/C9H13FO2/c10-6-8-1-3-9(5-8,4-2-8)7(11)12/h1-6H2,(H,11,12). The molecule has 2 aliphatic carbocycles. The second-order valence-corrected chi connectivity index (χ2v) is 4.40. The van der Waals surface area contributed by atoms with Gasteiger partial charge in [-0.25, -0.2) is 0 Å². The van der Waals surface area contributed by atoms with Crippen LogP contribution in [0.5, 0.6) is 0 Å². The third-order valence-electron chi connectivity index (χ3n) is 3.72. The molecule has 2 fully saturated rings. The van der Waals surface area contributed by atoms with E-state index in [1.807, 2.05) is 0 Å². The molecule has 0 radical (unpaired) electrons. The summed E-state index contributed by atoms with van der Waals surface area (Å²) in [6.45, 7) is -0.331. The smallest absolute Gasteiger partial charge is 0.309 e. The highest BCUT2D eigenvalue weighted by molar-refractivity contribution is 5.75. The SMILES string of the molecule is O=C(O)C12CCC(CF)(CC1)C2. The summed E-state index contributed by atoms with van der Waals surface area (Å²) in [6.07, 6.45) is 3.50. The van der Waals surface area contributed by atoms with Crippen molar-refractivity contribution in [2.24, 2.45) is 10.8 Å². The maximum Gasteiger partial charge on any atom is 0.309 e. The zero-order valence-corrected chi connectivity index (χ0v) is 6.98. The van der Waals surface area contributed by atoms with E-state index >= 15 is 0 Å². The number of alkyl halides is 1. The highest BCUT2D eigenvalue weighted by Crippen LogP contribution is 2.61. The average molecular weight is 172 g/mol. The summed E-state index contributed by atoms with van der Waals surface area (Å²) in [6, 6.07) is 0. The molecule has 0 saturated heterocycles. The van der Waals surface area contributed by atoms with Crippen molar-refractivity contribution in [1.82, 2.24) is 0 Å². The van der Waals surface area contributed by atoms with Gasteiger partial charge in [0.15, 0.2) is 0 Å². The van der Waals surface area contributed by atoms with Crippen LogP contribution in [0.2, 0.25) is 0 Å². The lowest BCUT2D eigenvalue weighted by atomic mass is 9.83. The van der Waals surface area contributed by atoms with Crippen LogP contribution in [-0.2, 0) is 4.79 Å². The van der Waals surface area contributed by atoms with E-state index in [0.29, 0.717) is 19.3 Å². The van der Waals surface area contributed by atoms with E-state index < -0.39 is 11.4 Å². The molecular weight excluding hydrogens is 159 g/mol. The minimum Gasteiger partial charge on any atom is -0.481 e. The Kier molecular flexibility index (Phi) is 1.48. The van der Waals surface area contributed by atoms with Crippen LogP contribution in [0.4, 0.5) is 4.39 Å². The fourth-order valence-electron chi connectivity index (χ4n) is 2.80. The molecule has 2 bridgehead atoms. The van der Waals surface area contributed by atoms with Crippen molar-refractivity contribution in [3.05, 3.63) is 0 Å². The lowest BCUT2D eigenvalue weighted by Crippen LogP contribution is -2.25. The summed E-state index contributed by atoms with van der Waals surface area (Å²) in [5.74, 6) is -0.713. The Morgan fingerprint density at radius 1 is 1.33 bits per heavy atom. The van der Waals surface area contributed by atoms with Crippen LogP contribution < -0.4 is 0 Å². The maximum absolute atomic E-state index is 12.6. The molecule has 0 aromatic rings. The molecule has 0 spiro atoms. The second kappa shape index (κ2) is 2.21. The van der Waals surface area contributed by atoms with Gasteiger partial charge in [0, 0.05) is 0 Å². The van der Waals surface area contributed by atoms with Crippen molar-refractivity contribution in [2.45, 2.75) is 32.1 Å². The Bertz CT molecular complexity index is 217. The van der Waals surface area contributed by atoms with Gasteiger partial charge in [-0.15, -0.1) is 0 Å². The number of hydrogen-bond donors (Lipinski definition) is 1. The molecule has 2 nitrogen and oxygen atoms in total. The summed E-state index contributed by atoms with van der Waals surface area (Å²) in [4.78, 5) is 10.9. The number of hydrogen-bond acceptors (Lipinski definition) is 1. The molecule has 2 rings (SSSR count). The molecule has 0 aromatic carbocycles. The Morgan fingerprint density at radius 2 is 1.92 bits per heavy atom. The first-order valence-corrected chi connectivity index (χ1v) is 4.42. The number of aliphatic carboxylic acids is 1. The van der Waals surface area contributed by atoms with Gasteiger partial charge in [-0.05, 0) is 37.5 Å². The molecule has 1 N–H and O–H groups in total. The van der Waals surface area contributed by atoms with Crippen LogP contribution in [0.1, 0.15) is 32.1 Å². The van der Waals surface area contributed by atoms with E-state index in [2.05, 4.69) is 0 Å². The fraction of sp³-hybridized carbons (Fsp3) is 0.889. The van der Waals surface area contributed by atoms with Crippen molar-refractivity contribution in [1.29, 1.82) is 0 Å². The minimum absolute atomic E-state index is 0.252. The van der Waals surface area contributed by atoms with E-state index in [1.54, 1.807) is 0 Å². The maximum atomic E-state index is 12.6. The molecule has 2 aliphatic rings. The zero-order valence-electron chi connectivity index (χ0n) is 6.98. The van der Waals surface area contributed by atoms with Crippen molar-refractivity contribution in [2.75, 3.05) is 6.67 Å². The fourth-order valence-corrected chi connectivity index (χ4v) is 2.80. The first-order valence-electron chi connectivity index (χ1n) is 4.42. The Labute approximate surface area is 70.8 Å². The number of fused-ring (bicyclic) bond motifs is 2. The van der Waals surface area contributed by atoms with E-state index in [1.165, 1.54) is 0 Å². The van der Waals surface area contributed by atoms with Gasteiger partial charge < -0.3 is 5.11 Å². The molecule has 0 atom stereocenters. The van der Waals surface area contributed by atoms with Crippen LogP contribution in [0.25, 0.3) is 0 Å². The van der Waals surface area contributed by atoms with Crippen LogP contribution in [0, 0.1) is 10.8 Å². The Hall–Kier alpha value is -0.600. The monoisotopic (exact) mass is 172 g/mol. The Morgan fingerprint density at radius 3 is 2.17 bits per heavy atom. The molecular formula is C9H13FO2. The molecule has 2 saturated carbocycles. The van der Waals surface area contributed by atoms with Gasteiger partial charge in [-0.2, -0.15) is 0 Å². The lowest BCUT2D eigenvalue weighted by Gasteiger charge is -2.22. The van der Waals surface area contributed by atoms with Crippen molar-refractivity contribution >= 4 is 5.97 Å². The quantitative estimate of drug-likeness (QED) is 0.691. The first kappa shape index (κ1) is 8.02. The van der Waals surface area contributed by atoms with E-state index in [0.717, 1.165) is 12.8 Å². The molecule has 0 unspecified atom stereocenters. The van der Waals surface area contributed by atoms with Crippen LogP contribution in [0.15, 0.2) is 0 Å². The van der Waals surface area contributed by atoms with Crippen molar-refractivity contribution in [3.8, 4) is 0 Å². The summed E-state index contributed by atoms with van der Waals surface area (Å²) >= 11 is 0. The number of rotatable bonds is 2. The largest absolute Gasteiger partial charge is 0.481 e.